The molecule has 2 heterocycles. The predicted molar refractivity (Wildman–Crippen MR) is 129 cm³/mol. The summed E-state index contributed by atoms with van der Waals surface area (Å²) in [5, 5.41) is 18.5. The number of benzene rings is 2. The molecule has 3 atom stereocenters. The standard InChI is InChI=1S/C23H24N6O5S/c24-35(31,32)33-12-14-10-15(11-18(14)30)27-22-20-23(26-13-25-22)29-21(28-20)17-8-4-5-9-19(17)34-16-6-2-1-3-7-16/h1-9,13-15,18,30H,10-12H2,(H2,24,31,32)(H2,25,26,27,28,29)/t14-,15+,18-/m0/s1. The van der Waals surface area contributed by atoms with Crippen LogP contribution in [0.25, 0.3) is 22.6 Å². The summed E-state index contributed by atoms with van der Waals surface area (Å²) in [5.74, 6) is 2.04. The minimum absolute atomic E-state index is 0.161. The van der Waals surface area contributed by atoms with Crippen molar-refractivity contribution in [2.45, 2.75) is 25.0 Å². The Balaban J connectivity index is 1.37. The maximum Gasteiger partial charge on any atom is 0.333 e. The third kappa shape index (κ3) is 5.41. The van der Waals surface area contributed by atoms with Crippen LogP contribution in [0, 0.1) is 5.92 Å². The highest BCUT2D eigenvalue weighted by molar-refractivity contribution is 7.84. The number of H-pyrrole nitrogens is 1. The highest BCUT2D eigenvalue weighted by Gasteiger charge is 2.34. The Bertz CT molecular complexity index is 1430. The molecule has 0 amide bonds. The lowest BCUT2D eigenvalue weighted by Gasteiger charge is -2.13. The highest BCUT2D eigenvalue weighted by atomic mass is 32.2. The SMILES string of the molecule is NS(=O)(=O)OC[C@@H]1C[C@@H](Nc2ncnc3[nH]c(-c4ccccc4Oc4ccccc4)nc23)C[C@@H]1O. The Hall–Kier alpha value is -3.58. The first-order valence-electron chi connectivity index (χ1n) is 11.0. The van der Waals surface area contributed by atoms with Crippen LogP contribution >= 0.6 is 0 Å². The fourth-order valence-corrected chi connectivity index (χ4v) is 4.57. The van der Waals surface area contributed by atoms with E-state index >= 15 is 0 Å². The maximum atomic E-state index is 11.1. The highest BCUT2D eigenvalue weighted by Crippen LogP contribution is 2.34. The molecule has 2 aromatic heterocycles. The van der Waals surface area contributed by atoms with Crippen molar-refractivity contribution in [3.63, 3.8) is 0 Å². The first-order chi connectivity index (χ1) is 16.9. The van der Waals surface area contributed by atoms with E-state index in [4.69, 9.17) is 14.9 Å². The molecule has 5 rings (SSSR count). The fourth-order valence-electron chi connectivity index (χ4n) is 4.20. The molecular weight excluding hydrogens is 472 g/mol. The van der Waals surface area contributed by atoms with Gasteiger partial charge in [0.2, 0.25) is 0 Å². The van der Waals surface area contributed by atoms with Crippen LogP contribution < -0.4 is 15.2 Å². The lowest BCUT2D eigenvalue weighted by atomic mass is 10.1. The molecule has 0 unspecified atom stereocenters. The second-order valence-corrected chi connectivity index (χ2v) is 9.55. The number of hydrogen-bond acceptors (Lipinski definition) is 9. The van der Waals surface area contributed by atoms with Crippen LogP contribution in [0.3, 0.4) is 0 Å². The summed E-state index contributed by atoms with van der Waals surface area (Å²) in [6, 6.07) is 16.9. The van der Waals surface area contributed by atoms with Gasteiger partial charge in [-0.25, -0.2) is 20.1 Å². The molecule has 1 saturated carbocycles. The molecule has 0 radical (unpaired) electrons. The molecule has 2 aromatic carbocycles. The Morgan fingerprint density at radius 1 is 1.09 bits per heavy atom. The Kier molecular flexibility index (Phi) is 6.34. The predicted octanol–water partition coefficient (Wildman–Crippen LogP) is 2.58. The molecule has 182 valence electrons. The number of hydrogen-bond donors (Lipinski definition) is 4. The molecular formula is C23H24N6O5S. The molecule has 1 fully saturated rings. The second kappa shape index (κ2) is 9.58. The zero-order chi connectivity index (χ0) is 24.4. The zero-order valence-electron chi connectivity index (χ0n) is 18.5. The molecule has 0 aliphatic heterocycles. The Labute approximate surface area is 201 Å². The van der Waals surface area contributed by atoms with Gasteiger partial charge in [0.1, 0.15) is 23.7 Å². The van der Waals surface area contributed by atoms with E-state index in [0.717, 1.165) is 5.56 Å². The minimum atomic E-state index is -4.06. The number of imidazole rings is 1. The smallest absolute Gasteiger partial charge is 0.333 e. The molecule has 5 N–H and O–H groups in total. The molecule has 11 nitrogen and oxygen atoms in total. The van der Waals surface area contributed by atoms with Gasteiger partial charge in [-0.1, -0.05) is 30.3 Å². The van der Waals surface area contributed by atoms with Gasteiger partial charge in [0.05, 0.1) is 18.3 Å². The number of nitrogens with one attached hydrogen (secondary N) is 2. The van der Waals surface area contributed by atoms with E-state index in [1.807, 2.05) is 54.6 Å². The molecule has 35 heavy (non-hydrogen) atoms. The van der Waals surface area contributed by atoms with Crippen molar-refractivity contribution >= 4 is 27.3 Å². The first kappa shape index (κ1) is 23.2. The van der Waals surface area contributed by atoms with Crippen molar-refractivity contribution in [1.82, 2.24) is 19.9 Å². The van der Waals surface area contributed by atoms with Gasteiger partial charge in [-0.3, -0.25) is 4.18 Å². The summed E-state index contributed by atoms with van der Waals surface area (Å²) >= 11 is 0. The van der Waals surface area contributed by atoms with Crippen LogP contribution in [-0.4, -0.2) is 52.2 Å². The van der Waals surface area contributed by atoms with Crippen molar-refractivity contribution in [2.24, 2.45) is 11.1 Å². The second-order valence-electron chi connectivity index (χ2n) is 8.33. The first-order valence-corrected chi connectivity index (χ1v) is 12.5. The van der Waals surface area contributed by atoms with Gasteiger partial charge < -0.3 is 20.1 Å². The number of nitrogens with two attached hydrogens (primary N) is 1. The average molecular weight is 497 g/mol. The maximum absolute atomic E-state index is 11.1. The quantitative estimate of drug-likeness (QED) is 0.287. The lowest BCUT2D eigenvalue weighted by molar-refractivity contribution is 0.101. The van der Waals surface area contributed by atoms with E-state index in [2.05, 4.69) is 24.5 Å². The number of para-hydroxylation sites is 2. The van der Waals surface area contributed by atoms with E-state index in [1.165, 1.54) is 6.33 Å². The number of anilines is 1. The Morgan fingerprint density at radius 3 is 2.66 bits per heavy atom. The zero-order valence-corrected chi connectivity index (χ0v) is 19.4. The summed E-state index contributed by atoms with van der Waals surface area (Å²) in [5.41, 5.74) is 1.84. The molecule has 0 saturated heterocycles. The largest absolute Gasteiger partial charge is 0.457 e. The summed E-state index contributed by atoms with van der Waals surface area (Å²) in [7, 11) is -4.06. The monoisotopic (exact) mass is 496 g/mol. The number of aromatic amines is 1. The third-order valence-corrected chi connectivity index (χ3v) is 6.31. The van der Waals surface area contributed by atoms with Gasteiger partial charge >= 0.3 is 10.3 Å². The van der Waals surface area contributed by atoms with Crippen molar-refractivity contribution in [3.05, 3.63) is 60.9 Å². The Morgan fingerprint density at radius 2 is 1.86 bits per heavy atom. The van der Waals surface area contributed by atoms with Crippen molar-refractivity contribution in [2.75, 3.05) is 11.9 Å². The molecule has 1 aliphatic rings. The van der Waals surface area contributed by atoms with Crippen LogP contribution in [0.1, 0.15) is 12.8 Å². The number of aliphatic hydroxyl groups excluding tert-OH is 1. The number of nitrogens with zero attached hydrogens (tertiary/aromatic N) is 3. The number of ether oxygens (including phenoxy) is 1. The lowest BCUT2D eigenvalue weighted by Crippen LogP contribution is -2.24. The van der Waals surface area contributed by atoms with Crippen LogP contribution in [0.15, 0.2) is 60.9 Å². The van der Waals surface area contributed by atoms with Gasteiger partial charge in [-0.15, -0.1) is 0 Å². The molecule has 4 aromatic rings. The molecule has 0 spiro atoms. The van der Waals surface area contributed by atoms with E-state index < -0.39 is 16.4 Å². The van der Waals surface area contributed by atoms with E-state index in [1.54, 1.807) is 0 Å². The fraction of sp³-hybridized carbons (Fsp3) is 0.261. The summed E-state index contributed by atoms with van der Waals surface area (Å²) < 4.78 is 32.9. The molecule has 0 bridgehead atoms. The molecule has 12 heteroatoms. The van der Waals surface area contributed by atoms with Crippen LogP contribution in [-0.2, 0) is 14.5 Å². The summed E-state index contributed by atoms with van der Waals surface area (Å²) in [6.07, 6.45) is 1.57. The number of aromatic nitrogens is 4. The van der Waals surface area contributed by atoms with Gasteiger partial charge in [0, 0.05) is 12.0 Å². The summed E-state index contributed by atoms with van der Waals surface area (Å²) in [4.78, 5) is 16.6. The number of rotatable bonds is 8. The normalized spacial score (nSPS) is 20.2. The van der Waals surface area contributed by atoms with Gasteiger partial charge in [-0.2, -0.15) is 8.42 Å². The third-order valence-electron chi connectivity index (χ3n) is 5.84. The van der Waals surface area contributed by atoms with Crippen LogP contribution in [0.5, 0.6) is 11.5 Å². The average Bonchev–Trinajstić information content (AvgIpc) is 3.42. The summed E-state index contributed by atoms with van der Waals surface area (Å²) in [6.45, 7) is -0.178. The topological polar surface area (TPSA) is 165 Å². The molecule has 1 aliphatic carbocycles. The van der Waals surface area contributed by atoms with E-state index in [0.29, 0.717) is 47.1 Å². The van der Waals surface area contributed by atoms with Gasteiger partial charge in [-0.05, 0) is 37.1 Å². The van der Waals surface area contributed by atoms with Gasteiger partial charge in [0.15, 0.2) is 17.0 Å². The number of aliphatic hydroxyl groups is 1. The minimum Gasteiger partial charge on any atom is -0.457 e. The van der Waals surface area contributed by atoms with Crippen molar-refractivity contribution < 1.29 is 22.4 Å². The van der Waals surface area contributed by atoms with Crippen molar-refractivity contribution in [1.29, 1.82) is 0 Å². The van der Waals surface area contributed by atoms with Crippen LogP contribution in [0.2, 0.25) is 0 Å². The van der Waals surface area contributed by atoms with Crippen molar-refractivity contribution in [3.8, 4) is 22.9 Å². The number of fused-ring (bicyclic) bond motifs is 1. The van der Waals surface area contributed by atoms with Crippen LogP contribution in [0.4, 0.5) is 5.82 Å². The van der Waals surface area contributed by atoms with Gasteiger partial charge in [0.25, 0.3) is 0 Å². The van der Waals surface area contributed by atoms with E-state index in [9.17, 15) is 13.5 Å². The van der Waals surface area contributed by atoms with E-state index in [-0.39, 0.29) is 18.6 Å².